The molecule has 0 spiro atoms. The van der Waals surface area contributed by atoms with Gasteiger partial charge in [0.15, 0.2) is 5.16 Å². The normalized spacial score (nSPS) is 14.4. The molecule has 1 aromatic carbocycles. The van der Waals surface area contributed by atoms with Crippen molar-refractivity contribution in [3.8, 4) is 0 Å². The molecule has 1 saturated carbocycles. The number of rotatable bonds is 5. The fraction of sp³-hybridized carbons (Fsp3) is 0.375. The Labute approximate surface area is 128 Å². The molecule has 0 saturated heterocycles. The van der Waals surface area contributed by atoms with Crippen LogP contribution in [0, 0.1) is 13.8 Å². The van der Waals surface area contributed by atoms with E-state index < -0.39 is 0 Å². The predicted octanol–water partition coefficient (Wildman–Crippen LogP) is 2.79. The first kappa shape index (κ1) is 14.4. The Morgan fingerprint density at radius 3 is 2.81 bits per heavy atom. The lowest BCUT2D eigenvalue weighted by atomic mass is 10.1. The van der Waals surface area contributed by atoms with Gasteiger partial charge in [0, 0.05) is 29.2 Å². The quantitative estimate of drug-likeness (QED) is 0.834. The molecule has 5 heteroatoms. The average Bonchev–Trinajstić information content (AvgIpc) is 3.22. The number of hydrogen-bond donors (Lipinski definition) is 2. The molecule has 0 bridgehead atoms. The molecule has 3 rings (SSSR count). The van der Waals surface area contributed by atoms with Gasteiger partial charge in [0.2, 0.25) is 0 Å². The molecule has 4 nitrogen and oxygen atoms in total. The molecular weight excluding hydrogens is 282 g/mol. The molecule has 0 amide bonds. The number of aryl methyl sites for hydroxylation is 2. The van der Waals surface area contributed by atoms with E-state index >= 15 is 0 Å². The maximum atomic E-state index is 11.5. The second-order valence-electron chi connectivity index (χ2n) is 5.55. The van der Waals surface area contributed by atoms with Crippen LogP contribution in [0.4, 0.5) is 0 Å². The third kappa shape index (κ3) is 3.95. The van der Waals surface area contributed by atoms with Crippen molar-refractivity contribution < 1.29 is 0 Å². The first-order valence-electron chi connectivity index (χ1n) is 7.19. The van der Waals surface area contributed by atoms with Crippen LogP contribution >= 0.6 is 11.8 Å². The summed E-state index contributed by atoms with van der Waals surface area (Å²) in [6.45, 7) is 4.85. The SMILES string of the molecule is Cc1cc(=O)[nH]c(Sc2ccc(CNC3CC3)cc2C)n1. The number of H-pyrrole nitrogens is 1. The summed E-state index contributed by atoms with van der Waals surface area (Å²) in [5, 5.41) is 4.16. The van der Waals surface area contributed by atoms with E-state index in [1.807, 2.05) is 6.92 Å². The van der Waals surface area contributed by atoms with Crippen molar-refractivity contribution in [2.45, 2.75) is 49.3 Å². The van der Waals surface area contributed by atoms with Crippen molar-refractivity contribution >= 4 is 11.8 Å². The molecule has 2 aromatic rings. The Morgan fingerprint density at radius 1 is 1.33 bits per heavy atom. The van der Waals surface area contributed by atoms with Gasteiger partial charge in [0.1, 0.15) is 0 Å². The van der Waals surface area contributed by atoms with Crippen LogP contribution in [0.15, 0.2) is 39.1 Å². The molecule has 1 aliphatic rings. The van der Waals surface area contributed by atoms with Crippen molar-refractivity contribution in [1.29, 1.82) is 0 Å². The summed E-state index contributed by atoms with van der Waals surface area (Å²) in [7, 11) is 0. The lowest BCUT2D eigenvalue weighted by Gasteiger charge is -2.09. The zero-order valence-electron chi connectivity index (χ0n) is 12.3. The average molecular weight is 301 g/mol. The van der Waals surface area contributed by atoms with Crippen LogP contribution in [0.25, 0.3) is 0 Å². The lowest BCUT2D eigenvalue weighted by Crippen LogP contribution is -2.15. The smallest absolute Gasteiger partial charge is 0.251 e. The van der Waals surface area contributed by atoms with Crippen molar-refractivity contribution in [1.82, 2.24) is 15.3 Å². The van der Waals surface area contributed by atoms with E-state index in [1.165, 1.54) is 41.8 Å². The Hall–Kier alpha value is -1.59. The van der Waals surface area contributed by atoms with Gasteiger partial charge in [-0.1, -0.05) is 23.9 Å². The van der Waals surface area contributed by atoms with Gasteiger partial charge in [-0.25, -0.2) is 4.98 Å². The molecule has 0 atom stereocenters. The van der Waals surface area contributed by atoms with Crippen molar-refractivity contribution in [2.75, 3.05) is 0 Å². The van der Waals surface area contributed by atoms with E-state index in [0.29, 0.717) is 5.16 Å². The molecule has 0 unspecified atom stereocenters. The van der Waals surface area contributed by atoms with Crippen LogP contribution in [0.2, 0.25) is 0 Å². The zero-order valence-corrected chi connectivity index (χ0v) is 13.1. The molecule has 0 radical (unpaired) electrons. The molecule has 1 aromatic heterocycles. The standard InChI is InChI=1S/C16H19N3OS/c1-10-7-12(9-17-13-4-5-13)3-6-14(10)21-16-18-11(2)8-15(20)19-16/h3,6-8,13,17H,4-5,9H2,1-2H3,(H,18,19,20). The minimum Gasteiger partial charge on any atom is -0.310 e. The van der Waals surface area contributed by atoms with Crippen LogP contribution < -0.4 is 10.9 Å². The fourth-order valence-electron chi connectivity index (χ4n) is 2.19. The number of aromatic nitrogens is 2. The van der Waals surface area contributed by atoms with Gasteiger partial charge in [-0.2, -0.15) is 0 Å². The van der Waals surface area contributed by atoms with Crippen molar-refractivity contribution in [3.05, 3.63) is 51.4 Å². The highest BCUT2D eigenvalue weighted by Crippen LogP contribution is 2.28. The van der Waals surface area contributed by atoms with Gasteiger partial charge in [-0.15, -0.1) is 0 Å². The third-order valence-electron chi connectivity index (χ3n) is 3.47. The molecule has 0 aliphatic heterocycles. The van der Waals surface area contributed by atoms with Gasteiger partial charge in [-0.3, -0.25) is 4.79 Å². The Morgan fingerprint density at radius 2 is 2.14 bits per heavy atom. The molecular formula is C16H19N3OS. The Kier molecular flexibility index (Phi) is 4.12. The van der Waals surface area contributed by atoms with Crippen LogP contribution in [-0.4, -0.2) is 16.0 Å². The Bertz CT molecular complexity index is 707. The number of aromatic amines is 1. The summed E-state index contributed by atoms with van der Waals surface area (Å²) in [6.07, 6.45) is 2.61. The summed E-state index contributed by atoms with van der Waals surface area (Å²) in [5.41, 5.74) is 3.14. The second-order valence-corrected chi connectivity index (χ2v) is 6.58. The van der Waals surface area contributed by atoms with Crippen LogP contribution in [-0.2, 0) is 6.54 Å². The number of hydrogen-bond acceptors (Lipinski definition) is 4. The summed E-state index contributed by atoms with van der Waals surface area (Å²) in [4.78, 5) is 19.7. The molecule has 1 aliphatic carbocycles. The second kappa shape index (κ2) is 6.03. The van der Waals surface area contributed by atoms with E-state index in [4.69, 9.17) is 0 Å². The molecule has 1 fully saturated rings. The van der Waals surface area contributed by atoms with E-state index in [1.54, 1.807) is 0 Å². The van der Waals surface area contributed by atoms with Gasteiger partial charge in [0.05, 0.1) is 0 Å². The minimum absolute atomic E-state index is 0.104. The van der Waals surface area contributed by atoms with Gasteiger partial charge in [-0.05, 0) is 43.9 Å². The van der Waals surface area contributed by atoms with Gasteiger partial charge >= 0.3 is 0 Å². The summed E-state index contributed by atoms with van der Waals surface area (Å²) >= 11 is 1.50. The summed E-state index contributed by atoms with van der Waals surface area (Å²) in [6, 6.07) is 8.67. The van der Waals surface area contributed by atoms with E-state index in [2.05, 4.69) is 40.4 Å². The summed E-state index contributed by atoms with van der Waals surface area (Å²) < 4.78 is 0. The molecule has 1 heterocycles. The maximum Gasteiger partial charge on any atom is 0.251 e. The minimum atomic E-state index is -0.104. The van der Waals surface area contributed by atoms with E-state index in [0.717, 1.165) is 23.2 Å². The number of nitrogens with zero attached hydrogens (tertiary/aromatic N) is 1. The van der Waals surface area contributed by atoms with Crippen molar-refractivity contribution in [2.24, 2.45) is 0 Å². The van der Waals surface area contributed by atoms with Crippen LogP contribution in [0.1, 0.15) is 29.7 Å². The van der Waals surface area contributed by atoms with E-state index in [-0.39, 0.29) is 5.56 Å². The molecule has 110 valence electrons. The summed E-state index contributed by atoms with van der Waals surface area (Å²) in [5.74, 6) is 0. The highest BCUT2D eigenvalue weighted by atomic mass is 32.2. The lowest BCUT2D eigenvalue weighted by molar-refractivity contribution is 0.687. The highest BCUT2D eigenvalue weighted by molar-refractivity contribution is 7.99. The molecule has 21 heavy (non-hydrogen) atoms. The van der Waals surface area contributed by atoms with Crippen molar-refractivity contribution in [3.63, 3.8) is 0 Å². The van der Waals surface area contributed by atoms with E-state index in [9.17, 15) is 4.79 Å². The maximum absolute atomic E-state index is 11.5. The monoisotopic (exact) mass is 301 g/mol. The van der Waals surface area contributed by atoms with Gasteiger partial charge in [0.25, 0.3) is 5.56 Å². The highest BCUT2D eigenvalue weighted by Gasteiger charge is 2.19. The number of nitrogens with one attached hydrogen (secondary N) is 2. The Balaban J connectivity index is 1.73. The largest absolute Gasteiger partial charge is 0.310 e. The topological polar surface area (TPSA) is 57.8 Å². The zero-order chi connectivity index (χ0) is 14.8. The number of benzene rings is 1. The fourth-order valence-corrected chi connectivity index (χ4v) is 3.10. The van der Waals surface area contributed by atoms with Crippen LogP contribution in [0.3, 0.4) is 0 Å². The predicted molar refractivity (Wildman–Crippen MR) is 84.8 cm³/mol. The first-order chi connectivity index (χ1) is 10.1. The molecule has 2 N–H and O–H groups in total. The van der Waals surface area contributed by atoms with Crippen LogP contribution in [0.5, 0.6) is 0 Å². The van der Waals surface area contributed by atoms with Gasteiger partial charge < -0.3 is 10.3 Å². The first-order valence-corrected chi connectivity index (χ1v) is 8.00. The third-order valence-corrected chi connectivity index (χ3v) is 4.53.